The van der Waals surface area contributed by atoms with E-state index in [0.717, 1.165) is 67.1 Å². The molecule has 26 heavy (non-hydrogen) atoms. The third-order valence-corrected chi connectivity index (χ3v) is 5.98. The Morgan fingerprint density at radius 1 is 1.31 bits per heavy atom. The van der Waals surface area contributed by atoms with Crippen molar-refractivity contribution in [3.8, 4) is 0 Å². The zero-order valence-electron chi connectivity index (χ0n) is 15.8. The Balaban J connectivity index is 1.49. The van der Waals surface area contributed by atoms with Gasteiger partial charge in [-0.2, -0.15) is 5.10 Å². The number of aryl methyl sites for hydroxylation is 2. The molecule has 1 saturated carbocycles. The molecule has 3 heterocycles. The zero-order valence-corrected chi connectivity index (χ0v) is 15.8. The highest BCUT2D eigenvalue weighted by Crippen LogP contribution is 2.24. The fourth-order valence-corrected chi connectivity index (χ4v) is 4.42. The van der Waals surface area contributed by atoms with Crippen molar-refractivity contribution in [3.05, 3.63) is 28.7 Å². The van der Waals surface area contributed by atoms with Crippen LogP contribution in [0, 0.1) is 13.8 Å². The number of hydrogen-bond acceptors (Lipinski definition) is 4. The van der Waals surface area contributed by atoms with Crippen LogP contribution in [0.4, 0.5) is 0 Å². The molecule has 140 valence electrons. The van der Waals surface area contributed by atoms with Crippen LogP contribution < -0.4 is 10.6 Å². The van der Waals surface area contributed by atoms with Gasteiger partial charge < -0.3 is 10.6 Å². The van der Waals surface area contributed by atoms with Gasteiger partial charge in [-0.3, -0.25) is 4.79 Å². The van der Waals surface area contributed by atoms with Crippen LogP contribution in [0.5, 0.6) is 0 Å². The zero-order chi connectivity index (χ0) is 18.1. The summed E-state index contributed by atoms with van der Waals surface area (Å²) < 4.78 is 1.96. The van der Waals surface area contributed by atoms with E-state index in [9.17, 15) is 4.79 Å². The van der Waals surface area contributed by atoms with Crippen molar-refractivity contribution < 1.29 is 4.79 Å². The van der Waals surface area contributed by atoms with Gasteiger partial charge in [-0.05, 0) is 51.6 Å². The maximum atomic E-state index is 12.3. The highest BCUT2D eigenvalue weighted by Gasteiger charge is 2.22. The van der Waals surface area contributed by atoms with E-state index < -0.39 is 0 Å². The molecule has 1 amide bonds. The van der Waals surface area contributed by atoms with Gasteiger partial charge >= 0.3 is 0 Å². The Kier molecular flexibility index (Phi) is 4.94. The molecule has 2 aliphatic rings. The molecule has 2 N–H and O–H groups in total. The minimum Gasteiger partial charge on any atom is -0.353 e. The third kappa shape index (κ3) is 3.47. The molecule has 1 aliphatic heterocycles. The maximum absolute atomic E-state index is 12.3. The SMILES string of the molecule is Cc1nc2cc([C@H]3CCNC3)nn2c(C)c1CCC(=O)NC1CCCC1. The largest absolute Gasteiger partial charge is 0.353 e. The Morgan fingerprint density at radius 3 is 2.85 bits per heavy atom. The minimum absolute atomic E-state index is 0.161. The quantitative estimate of drug-likeness (QED) is 0.864. The molecule has 6 heteroatoms. The number of amides is 1. The van der Waals surface area contributed by atoms with Crippen LogP contribution in [-0.4, -0.2) is 39.6 Å². The van der Waals surface area contributed by atoms with Crippen molar-refractivity contribution in [1.29, 1.82) is 0 Å². The van der Waals surface area contributed by atoms with Crippen LogP contribution in [0.25, 0.3) is 5.65 Å². The van der Waals surface area contributed by atoms with Gasteiger partial charge in [0.25, 0.3) is 0 Å². The predicted molar refractivity (Wildman–Crippen MR) is 101 cm³/mol. The second-order valence-electron chi connectivity index (χ2n) is 7.84. The highest BCUT2D eigenvalue weighted by atomic mass is 16.1. The van der Waals surface area contributed by atoms with E-state index in [1.165, 1.54) is 12.8 Å². The lowest BCUT2D eigenvalue weighted by atomic mass is 10.1. The molecule has 1 atom stereocenters. The molecular weight excluding hydrogens is 326 g/mol. The number of carbonyl (C=O) groups is 1. The molecule has 2 aromatic rings. The van der Waals surface area contributed by atoms with Crippen LogP contribution in [0.3, 0.4) is 0 Å². The van der Waals surface area contributed by atoms with Crippen molar-refractivity contribution in [1.82, 2.24) is 25.2 Å². The molecule has 0 spiro atoms. The molecule has 1 saturated heterocycles. The lowest BCUT2D eigenvalue weighted by Gasteiger charge is -2.13. The van der Waals surface area contributed by atoms with Crippen molar-refractivity contribution in [2.24, 2.45) is 0 Å². The van der Waals surface area contributed by atoms with E-state index in [1.807, 2.05) is 11.4 Å². The molecule has 1 aliphatic carbocycles. The summed E-state index contributed by atoms with van der Waals surface area (Å²) in [5.41, 5.74) is 5.32. The lowest BCUT2D eigenvalue weighted by molar-refractivity contribution is -0.121. The molecule has 6 nitrogen and oxygen atoms in total. The summed E-state index contributed by atoms with van der Waals surface area (Å²) in [6.45, 7) is 6.19. The summed E-state index contributed by atoms with van der Waals surface area (Å²) in [6.07, 6.45) is 7.11. The fourth-order valence-electron chi connectivity index (χ4n) is 4.42. The van der Waals surface area contributed by atoms with Gasteiger partial charge in [-0.25, -0.2) is 9.50 Å². The molecular formula is C20H29N5O. The second kappa shape index (κ2) is 7.35. The van der Waals surface area contributed by atoms with Gasteiger partial charge in [0.2, 0.25) is 5.91 Å². The van der Waals surface area contributed by atoms with Crippen molar-refractivity contribution in [2.75, 3.05) is 13.1 Å². The molecule has 0 bridgehead atoms. The average molecular weight is 355 g/mol. The molecule has 4 rings (SSSR count). The van der Waals surface area contributed by atoms with Crippen LogP contribution in [0.1, 0.15) is 67.1 Å². The number of aromatic nitrogens is 3. The van der Waals surface area contributed by atoms with E-state index in [4.69, 9.17) is 10.1 Å². The maximum Gasteiger partial charge on any atom is 0.220 e. The van der Waals surface area contributed by atoms with Crippen LogP contribution in [0.2, 0.25) is 0 Å². The smallest absolute Gasteiger partial charge is 0.220 e. The monoisotopic (exact) mass is 355 g/mol. The van der Waals surface area contributed by atoms with E-state index >= 15 is 0 Å². The van der Waals surface area contributed by atoms with Gasteiger partial charge in [0.15, 0.2) is 5.65 Å². The highest BCUT2D eigenvalue weighted by molar-refractivity contribution is 5.76. The third-order valence-electron chi connectivity index (χ3n) is 5.98. The fraction of sp³-hybridized carbons (Fsp3) is 0.650. The first-order valence-electron chi connectivity index (χ1n) is 9.97. The standard InChI is InChI=1S/C20H29N5O/c1-13-17(7-8-20(26)23-16-5-3-4-6-16)14(2)25-19(22-13)11-18(24-25)15-9-10-21-12-15/h11,15-16,21H,3-10,12H2,1-2H3,(H,23,26)/t15-/m0/s1. The molecule has 0 aromatic carbocycles. The van der Waals surface area contributed by atoms with Gasteiger partial charge in [0.05, 0.1) is 5.69 Å². The van der Waals surface area contributed by atoms with Crippen molar-refractivity contribution >= 4 is 11.6 Å². The first-order valence-corrected chi connectivity index (χ1v) is 9.97. The van der Waals surface area contributed by atoms with Crippen molar-refractivity contribution in [2.45, 2.75) is 70.8 Å². The molecule has 2 fully saturated rings. The molecule has 2 aromatic heterocycles. The van der Waals surface area contributed by atoms with E-state index in [1.54, 1.807) is 0 Å². The second-order valence-corrected chi connectivity index (χ2v) is 7.84. The number of nitrogens with zero attached hydrogens (tertiary/aromatic N) is 3. The number of rotatable bonds is 5. The van der Waals surface area contributed by atoms with Gasteiger partial charge in [-0.15, -0.1) is 0 Å². The molecule has 0 unspecified atom stereocenters. The average Bonchev–Trinajstić information content (AvgIpc) is 3.35. The number of carbonyl (C=O) groups excluding carboxylic acids is 1. The minimum atomic E-state index is 0.161. The summed E-state index contributed by atoms with van der Waals surface area (Å²) in [7, 11) is 0. The van der Waals surface area contributed by atoms with E-state index in [2.05, 4.69) is 23.6 Å². The van der Waals surface area contributed by atoms with E-state index in [0.29, 0.717) is 18.4 Å². The first-order chi connectivity index (χ1) is 12.6. The first kappa shape index (κ1) is 17.5. The number of nitrogens with one attached hydrogen (secondary N) is 2. The Morgan fingerprint density at radius 2 is 2.12 bits per heavy atom. The van der Waals surface area contributed by atoms with E-state index in [-0.39, 0.29) is 5.91 Å². The summed E-state index contributed by atoms with van der Waals surface area (Å²) in [5, 5.41) is 11.4. The summed E-state index contributed by atoms with van der Waals surface area (Å²) in [6, 6.07) is 2.51. The number of fused-ring (bicyclic) bond motifs is 1. The summed E-state index contributed by atoms with van der Waals surface area (Å²) in [5.74, 6) is 0.644. The Hall–Kier alpha value is -1.95. The summed E-state index contributed by atoms with van der Waals surface area (Å²) in [4.78, 5) is 17.0. The summed E-state index contributed by atoms with van der Waals surface area (Å²) >= 11 is 0. The topological polar surface area (TPSA) is 71.3 Å². The normalized spacial score (nSPS) is 20.9. The predicted octanol–water partition coefficient (Wildman–Crippen LogP) is 2.41. The lowest BCUT2D eigenvalue weighted by Crippen LogP contribution is -2.32. The van der Waals surface area contributed by atoms with Crippen LogP contribution in [-0.2, 0) is 11.2 Å². The van der Waals surface area contributed by atoms with Gasteiger partial charge in [0, 0.05) is 42.4 Å². The van der Waals surface area contributed by atoms with Crippen LogP contribution >= 0.6 is 0 Å². The Bertz CT molecular complexity index is 800. The molecule has 0 radical (unpaired) electrons. The van der Waals surface area contributed by atoms with Crippen molar-refractivity contribution in [3.63, 3.8) is 0 Å². The Labute approximate surface area is 154 Å². The van der Waals surface area contributed by atoms with Gasteiger partial charge in [0.1, 0.15) is 0 Å². The van der Waals surface area contributed by atoms with Crippen LogP contribution in [0.15, 0.2) is 6.07 Å². The van der Waals surface area contributed by atoms with Gasteiger partial charge in [-0.1, -0.05) is 12.8 Å². The number of hydrogen-bond donors (Lipinski definition) is 2.